The van der Waals surface area contributed by atoms with Gasteiger partial charge in [0.05, 0.1) is 7.11 Å². The maximum Gasteiger partial charge on any atom is 0.343 e. The number of H-pyrrole nitrogens is 1. The minimum atomic E-state index is -0.992. The number of hydrogen-bond donors (Lipinski definition) is 2. The summed E-state index contributed by atoms with van der Waals surface area (Å²) in [5.41, 5.74) is 4.86. The van der Waals surface area contributed by atoms with E-state index in [2.05, 4.69) is 10.2 Å². The number of methoxy groups -OCH3 is 1. The average Bonchev–Trinajstić information content (AvgIpc) is 3.16. The molecule has 0 aromatic carbocycles. The highest BCUT2D eigenvalue weighted by Crippen LogP contribution is 2.41. The van der Waals surface area contributed by atoms with E-state index >= 15 is 0 Å². The lowest BCUT2D eigenvalue weighted by Crippen LogP contribution is -2.53. The Hall–Kier alpha value is -1.28. The first-order valence-electron chi connectivity index (χ1n) is 5.60. The van der Waals surface area contributed by atoms with Gasteiger partial charge >= 0.3 is 11.7 Å². The number of esters is 1. The van der Waals surface area contributed by atoms with E-state index in [0.29, 0.717) is 10.9 Å². The first kappa shape index (κ1) is 13.2. The van der Waals surface area contributed by atoms with Gasteiger partial charge in [0.1, 0.15) is 5.54 Å². The van der Waals surface area contributed by atoms with Gasteiger partial charge in [-0.25, -0.2) is 9.89 Å². The SMILES string of the molecule is COC(=O)C(N)(CSc1n[nH]c(=O)n1C)C1CC1. The highest BCUT2D eigenvalue weighted by molar-refractivity contribution is 7.99. The summed E-state index contributed by atoms with van der Waals surface area (Å²) < 4.78 is 6.15. The molecule has 1 atom stereocenters. The monoisotopic (exact) mass is 272 g/mol. The number of hydrogen-bond acceptors (Lipinski definition) is 6. The van der Waals surface area contributed by atoms with Gasteiger partial charge in [0.25, 0.3) is 0 Å². The largest absolute Gasteiger partial charge is 0.468 e. The Balaban J connectivity index is 2.09. The van der Waals surface area contributed by atoms with Crippen molar-refractivity contribution < 1.29 is 9.53 Å². The van der Waals surface area contributed by atoms with E-state index in [1.165, 1.54) is 23.4 Å². The van der Waals surface area contributed by atoms with Crippen molar-refractivity contribution in [1.29, 1.82) is 0 Å². The molecule has 1 fully saturated rings. The molecule has 3 N–H and O–H groups in total. The normalized spacial score (nSPS) is 18.4. The third kappa shape index (κ3) is 2.30. The van der Waals surface area contributed by atoms with Crippen LogP contribution in [-0.2, 0) is 16.6 Å². The minimum absolute atomic E-state index is 0.161. The lowest BCUT2D eigenvalue weighted by Gasteiger charge is -2.25. The molecule has 1 aromatic rings. The molecule has 1 aliphatic carbocycles. The average molecular weight is 272 g/mol. The second-order valence-corrected chi connectivity index (χ2v) is 5.41. The molecule has 1 aromatic heterocycles. The highest BCUT2D eigenvalue weighted by Gasteiger charge is 2.49. The van der Waals surface area contributed by atoms with Crippen LogP contribution in [0.1, 0.15) is 12.8 Å². The van der Waals surface area contributed by atoms with Crippen molar-refractivity contribution in [3.63, 3.8) is 0 Å². The standard InChI is InChI=1S/C10H16N4O3S/c1-14-8(16)12-13-9(14)18-5-10(11,6-3-4-6)7(15)17-2/h6H,3-5,11H2,1-2H3,(H,12,16). The first-order chi connectivity index (χ1) is 8.49. The number of nitrogens with zero attached hydrogens (tertiary/aromatic N) is 2. The summed E-state index contributed by atoms with van der Waals surface area (Å²) in [6, 6.07) is 0. The first-order valence-corrected chi connectivity index (χ1v) is 6.59. The second-order valence-electron chi connectivity index (χ2n) is 4.47. The van der Waals surface area contributed by atoms with Gasteiger partial charge in [0.15, 0.2) is 5.16 Å². The van der Waals surface area contributed by atoms with Crippen LogP contribution < -0.4 is 11.4 Å². The Labute approximate surface area is 108 Å². The second kappa shape index (κ2) is 4.77. The van der Waals surface area contributed by atoms with Crippen molar-refractivity contribution in [2.75, 3.05) is 12.9 Å². The third-order valence-corrected chi connectivity index (χ3v) is 4.40. The molecule has 2 rings (SSSR count). The Morgan fingerprint density at radius 1 is 1.72 bits per heavy atom. The van der Waals surface area contributed by atoms with Gasteiger partial charge in [0.2, 0.25) is 0 Å². The smallest absolute Gasteiger partial charge is 0.343 e. The molecule has 0 saturated heterocycles. The summed E-state index contributed by atoms with van der Waals surface area (Å²) >= 11 is 1.28. The van der Waals surface area contributed by atoms with Crippen LogP contribution in [0.4, 0.5) is 0 Å². The summed E-state index contributed by atoms with van der Waals surface area (Å²) in [7, 11) is 2.95. The number of carbonyl (C=O) groups excluding carboxylic acids is 1. The molecule has 18 heavy (non-hydrogen) atoms. The fourth-order valence-electron chi connectivity index (χ4n) is 1.78. The predicted octanol–water partition coefficient (Wildman–Crippen LogP) is -0.519. The number of aromatic nitrogens is 3. The van der Waals surface area contributed by atoms with E-state index in [4.69, 9.17) is 10.5 Å². The Bertz CT molecular complexity index is 507. The molecule has 8 heteroatoms. The number of nitrogens with one attached hydrogen (secondary N) is 1. The molecule has 100 valence electrons. The van der Waals surface area contributed by atoms with Gasteiger partial charge in [0, 0.05) is 12.8 Å². The van der Waals surface area contributed by atoms with E-state index < -0.39 is 11.5 Å². The number of ether oxygens (including phenoxy) is 1. The van der Waals surface area contributed by atoms with Gasteiger partial charge in [-0.1, -0.05) is 11.8 Å². The van der Waals surface area contributed by atoms with E-state index in [0.717, 1.165) is 12.8 Å². The topological polar surface area (TPSA) is 103 Å². The quantitative estimate of drug-likeness (QED) is 0.552. The van der Waals surface area contributed by atoms with Crippen LogP contribution >= 0.6 is 11.8 Å². The Morgan fingerprint density at radius 2 is 2.39 bits per heavy atom. The van der Waals surface area contributed by atoms with Crippen molar-refractivity contribution in [2.45, 2.75) is 23.5 Å². The van der Waals surface area contributed by atoms with Crippen molar-refractivity contribution in [1.82, 2.24) is 14.8 Å². The van der Waals surface area contributed by atoms with Crippen molar-refractivity contribution >= 4 is 17.7 Å². The fourth-order valence-corrected chi connectivity index (χ4v) is 2.89. The van der Waals surface area contributed by atoms with Gasteiger partial charge in [-0.05, 0) is 18.8 Å². The number of rotatable bonds is 5. The van der Waals surface area contributed by atoms with Crippen LogP contribution in [0.5, 0.6) is 0 Å². The summed E-state index contributed by atoms with van der Waals surface area (Å²) in [5, 5.41) is 6.72. The van der Waals surface area contributed by atoms with Gasteiger partial charge in [-0.3, -0.25) is 9.36 Å². The van der Waals surface area contributed by atoms with E-state index in [1.807, 2.05) is 0 Å². The molecule has 0 amide bonds. The number of carbonyl (C=O) groups is 1. The van der Waals surface area contributed by atoms with E-state index in [1.54, 1.807) is 7.05 Å². The summed E-state index contributed by atoms with van der Waals surface area (Å²) in [5.74, 6) is 0.106. The van der Waals surface area contributed by atoms with Crippen LogP contribution in [-0.4, -0.2) is 39.1 Å². The van der Waals surface area contributed by atoms with Crippen LogP contribution in [0.15, 0.2) is 9.95 Å². The summed E-state index contributed by atoms with van der Waals surface area (Å²) in [6.45, 7) is 0. The molecule has 1 unspecified atom stereocenters. The zero-order chi connectivity index (χ0) is 13.3. The summed E-state index contributed by atoms with van der Waals surface area (Å²) in [4.78, 5) is 23.0. The van der Waals surface area contributed by atoms with Crippen LogP contribution in [0, 0.1) is 5.92 Å². The Morgan fingerprint density at radius 3 is 2.83 bits per heavy atom. The molecular formula is C10H16N4O3S. The zero-order valence-corrected chi connectivity index (χ0v) is 11.1. The highest BCUT2D eigenvalue weighted by atomic mass is 32.2. The summed E-state index contributed by atoms with van der Waals surface area (Å²) in [6.07, 6.45) is 1.87. The minimum Gasteiger partial charge on any atom is -0.468 e. The molecular weight excluding hydrogens is 256 g/mol. The molecule has 0 radical (unpaired) electrons. The third-order valence-electron chi connectivity index (χ3n) is 3.15. The van der Waals surface area contributed by atoms with E-state index in [9.17, 15) is 9.59 Å². The van der Waals surface area contributed by atoms with Gasteiger partial charge < -0.3 is 10.5 Å². The molecule has 1 aliphatic rings. The number of nitrogens with two attached hydrogens (primary N) is 1. The van der Waals surface area contributed by atoms with Crippen molar-refractivity contribution in [3.05, 3.63) is 10.5 Å². The number of aromatic amines is 1. The maximum absolute atomic E-state index is 11.8. The van der Waals surface area contributed by atoms with Gasteiger partial charge in [-0.2, -0.15) is 0 Å². The Kier molecular flexibility index (Phi) is 3.49. The number of thioether (sulfide) groups is 1. The van der Waals surface area contributed by atoms with E-state index in [-0.39, 0.29) is 11.6 Å². The fraction of sp³-hybridized carbons (Fsp3) is 0.700. The molecule has 0 bridgehead atoms. The van der Waals surface area contributed by atoms with Gasteiger partial charge in [-0.15, -0.1) is 5.10 Å². The molecule has 1 heterocycles. The van der Waals surface area contributed by atoms with Crippen LogP contribution in [0.25, 0.3) is 0 Å². The molecule has 1 saturated carbocycles. The zero-order valence-electron chi connectivity index (χ0n) is 10.3. The lowest BCUT2D eigenvalue weighted by molar-refractivity contribution is -0.146. The maximum atomic E-state index is 11.8. The lowest BCUT2D eigenvalue weighted by atomic mass is 9.97. The predicted molar refractivity (Wildman–Crippen MR) is 66.2 cm³/mol. The van der Waals surface area contributed by atoms with Crippen LogP contribution in [0.2, 0.25) is 0 Å². The van der Waals surface area contributed by atoms with Crippen molar-refractivity contribution in [2.24, 2.45) is 18.7 Å². The van der Waals surface area contributed by atoms with Crippen molar-refractivity contribution in [3.8, 4) is 0 Å². The van der Waals surface area contributed by atoms with Crippen LogP contribution in [0.3, 0.4) is 0 Å². The molecule has 0 aliphatic heterocycles. The molecule has 0 spiro atoms. The molecule has 7 nitrogen and oxygen atoms in total.